The van der Waals surface area contributed by atoms with Crippen molar-refractivity contribution in [2.75, 3.05) is 32.8 Å². The molecule has 1 fully saturated rings. The molecule has 1 aliphatic heterocycles. The van der Waals surface area contributed by atoms with Crippen molar-refractivity contribution in [3.05, 3.63) is 33.8 Å². The van der Waals surface area contributed by atoms with Crippen LogP contribution in [0, 0.1) is 13.8 Å². The molecule has 2 aromatic rings. The molecule has 1 saturated heterocycles. The molecule has 6 heteroatoms. The number of primary amides is 1. The second kappa shape index (κ2) is 7.51. The number of nitrogens with two attached hydrogens (primary N) is 1. The number of aromatic nitrogens is 1. The fraction of sp³-hybridized carbons (Fsp3) is 0.500. The summed E-state index contributed by atoms with van der Waals surface area (Å²) in [5.41, 5.74) is 10.5. The minimum Gasteiger partial charge on any atom is -0.379 e. The summed E-state index contributed by atoms with van der Waals surface area (Å²) >= 11 is 1.64. The van der Waals surface area contributed by atoms with Gasteiger partial charge in [-0.1, -0.05) is 0 Å². The van der Waals surface area contributed by atoms with Gasteiger partial charge in [0, 0.05) is 43.1 Å². The summed E-state index contributed by atoms with van der Waals surface area (Å²) in [6.07, 6.45) is 1.05. The molecule has 0 bridgehead atoms. The van der Waals surface area contributed by atoms with Gasteiger partial charge in [0.2, 0.25) is 0 Å². The molecule has 1 amide bonds. The lowest BCUT2D eigenvalue weighted by atomic mass is 10.0. The average molecular weight is 347 g/mol. The lowest BCUT2D eigenvalue weighted by Crippen LogP contribution is -2.37. The third-order valence-corrected chi connectivity index (χ3v) is 5.48. The molecular weight excluding hydrogens is 322 g/mol. The SMILES string of the molecule is Cc1c(C(N)=O)c(-c2ccsc2)c(C)n1CCCN1CCOCC1. The highest BCUT2D eigenvalue weighted by Gasteiger charge is 2.22. The Labute approximate surface area is 147 Å². The maximum atomic E-state index is 12.0. The van der Waals surface area contributed by atoms with E-state index in [0.29, 0.717) is 5.56 Å². The molecule has 0 atom stereocenters. The lowest BCUT2D eigenvalue weighted by molar-refractivity contribution is 0.0369. The average Bonchev–Trinajstić information content (AvgIpc) is 3.17. The van der Waals surface area contributed by atoms with Crippen LogP contribution in [0.5, 0.6) is 0 Å². The second-order valence-electron chi connectivity index (χ2n) is 6.26. The first-order valence-corrected chi connectivity index (χ1v) is 9.36. The molecule has 0 spiro atoms. The number of morpholine rings is 1. The van der Waals surface area contributed by atoms with Crippen molar-refractivity contribution in [1.29, 1.82) is 0 Å². The van der Waals surface area contributed by atoms with Crippen molar-refractivity contribution in [3.8, 4) is 11.1 Å². The van der Waals surface area contributed by atoms with Gasteiger partial charge >= 0.3 is 0 Å². The summed E-state index contributed by atoms with van der Waals surface area (Å²) in [6.45, 7) is 9.72. The zero-order chi connectivity index (χ0) is 17.1. The molecule has 0 aliphatic carbocycles. The van der Waals surface area contributed by atoms with Crippen LogP contribution in [-0.4, -0.2) is 48.2 Å². The summed E-state index contributed by atoms with van der Waals surface area (Å²) in [7, 11) is 0. The minimum absolute atomic E-state index is 0.344. The number of carbonyl (C=O) groups is 1. The number of rotatable bonds is 6. The van der Waals surface area contributed by atoms with Crippen molar-refractivity contribution >= 4 is 17.2 Å². The summed E-state index contributed by atoms with van der Waals surface area (Å²) < 4.78 is 7.64. The number of thiophene rings is 1. The Balaban J connectivity index is 1.80. The van der Waals surface area contributed by atoms with Crippen molar-refractivity contribution in [2.45, 2.75) is 26.8 Å². The van der Waals surface area contributed by atoms with Gasteiger partial charge in [0.05, 0.1) is 18.8 Å². The van der Waals surface area contributed by atoms with Crippen LogP contribution in [-0.2, 0) is 11.3 Å². The van der Waals surface area contributed by atoms with Crippen LogP contribution >= 0.6 is 11.3 Å². The normalized spacial score (nSPS) is 15.8. The molecule has 1 aliphatic rings. The van der Waals surface area contributed by atoms with E-state index >= 15 is 0 Å². The highest BCUT2D eigenvalue weighted by Crippen LogP contribution is 2.33. The van der Waals surface area contributed by atoms with E-state index in [1.807, 2.05) is 12.3 Å². The van der Waals surface area contributed by atoms with E-state index in [9.17, 15) is 4.79 Å². The third-order valence-electron chi connectivity index (χ3n) is 4.80. The molecule has 5 nitrogen and oxygen atoms in total. The van der Waals surface area contributed by atoms with E-state index in [4.69, 9.17) is 10.5 Å². The Hall–Kier alpha value is -1.63. The predicted molar refractivity (Wildman–Crippen MR) is 97.6 cm³/mol. The summed E-state index contributed by atoms with van der Waals surface area (Å²) in [5, 5.41) is 4.11. The van der Waals surface area contributed by atoms with Gasteiger partial charge in [-0.25, -0.2) is 0 Å². The van der Waals surface area contributed by atoms with Crippen LogP contribution in [0.15, 0.2) is 16.8 Å². The van der Waals surface area contributed by atoms with Gasteiger partial charge in [-0.15, -0.1) is 0 Å². The first-order valence-electron chi connectivity index (χ1n) is 8.41. The van der Waals surface area contributed by atoms with Gasteiger partial charge in [0.15, 0.2) is 0 Å². The first-order chi connectivity index (χ1) is 11.6. The molecule has 0 saturated carbocycles. The topological polar surface area (TPSA) is 60.5 Å². The summed E-state index contributed by atoms with van der Waals surface area (Å²) in [4.78, 5) is 14.5. The molecule has 130 valence electrons. The Bertz CT molecular complexity index is 700. The lowest BCUT2D eigenvalue weighted by Gasteiger charge is -2.26. The van der Waals surface area contributed by atoms with E-state index in [1.165, 1.54) is 0 Å². The summed E-state index contributed by atoms with van der Waals surface area (Å²) in [5.74, 6) is -0.344. The van der Waals surface area contributed by atoms with E-state index in [1.54, 1.807) is 11.3 Å². The Kier molecular flexibility index (Phi) is 5.38. The number of ether oxygens (including phenoxy) is 1. The smallest absolute Gasteiger partial charge is 0.251 e. The van der Waals surface area contributed by atoms with Crippen LogP contribution < -0.4 is 5.73 Å². The summed E-state index contributed by atoms with van der Waals surface area (Å²) in [6, 6.07) is 2.05. The maximum Gasteiger partial charge on any atom is 0.251 e. The fourth-order valence-corrected chi connectivity index (χ4v) is 4.20. The molecule has 3 heterocycles. The fourth-order valence-electron chi connectivity index (χ4n) is 3.56. The standard InChI is InChI=1S/C18H25N3O2S/c1-13-16(15-4-11-24-12-15)17(18(19)22)14(2)21(13)6-3-5-20-7-9-23-10-8-20/h4,11-12H,3,5-10H2,1-2H3,(H2,19,22). The van der Waals surface area contributed by atoms with Gasteiger partial charge in [0.25, 0.3) is 5.91 Å². The molecule has 24 heavy (non-hydrogen) atoms. The van der Waals surface area contributed by atoms with Crippen LogP contribution in [0.25, 0.3) is 11.1 Å². The molecule has 2 aromatic heterocycles. The number of nitrogens with zero attached hydrogens (tertiary/aromatic N) is 2. The van der Waals surface area contributed by atoms with Crippen LogP contribution in [0.3, 0.4) is 0 Å². The number of carbonyl (C=O) groups excluding carboxylic acids is 1. The van der Waals surface area contributed by atoms with Crippen molar-refractivity contribution in [2.24, 2.45) is 5.73 Å². The second-order valence-corrected chi connectivity index (χ2v) is 7.04. The largest absolute Gasteiger partial charge is 0.379 e. The third kappa shape index (κ3) is 3.41. The van der Waals surface area contributed by atoms with Gasteiger partial charge < -0.3 is 15.0 Å². The van der Waals surface area contributed by atoms with Gasteiger partial charge in [-0.3, -0.25) is 9.69 Å². The number of amides is 1. The first kappa shape index (κ1) is 17.2. The van der Waals surface area contributed by atoms with Gasteiger partial charge in [-0.2, -0.15) is 11.3 Å². The zero-order valence-corrected chi connectivity index (χ0v) is 15.2. The monoisotopic (exact) mass is 347 g/mol. The Morgan fingerprint density at radius 1 is 1.25 bits per heavy atom. The molecular formula is C18H25N3O2S. The van der Waals surface area contributed by atoms with Crippen LogP contribution in [0.4, 0.5) is 0 Å². The quantitative estimate of drug-likeness (QED) is 0.874. The van der Waals surface area contributed by atoms with Crippen molar-refractivity contribution < 1.29 is 9.53 Å². The predicted octanol–water partition coefficient (Wildman–Crippen LogP) is 2.65. The van der Waals surface area contributed by atoms with E-state index in [-0.39, 0.29) is 5.91 Å². The van der Waals surface area contributed by atoms with E-state index in [0.717, 1.165) is 68.3 Å². The van der Waals surface area contributed by atoms with E-state index < -0.39 is 0 Å². The highest BCUT2D eigenvalue weighted by atomic mass is 32.1. The minimum atomic E-state index is -0.344. The van der Waals surface area contributed by atoms with Crippen LogP contribution in [0.2, 0.25) is 0 Å². The van der Waals surface area contributed by atoms with E-state index in [2.05, 4.69) is 27.8 Å². The zero-order valence-electron chi connectivity index (χ0n) is 14.4. The van der Waals surface area contributed by atoms with Gasteiger partial charge in [-0.05, 0) is 42.7 Å². The molecule has 3 rings (SSSR count). The Morgan fingerprint density at radius 3 is 2.62 bits per heavy atom. The highest BCUT2D eigenvalue weighted by molar-refractivity contribution is 7.08. The van der Waals surface area contributed by atoms with Crippen molar-refractivity contribution in [3.63, 3.8) is 0 Å². The molecule has 2 N–H and O–H groups in total. The molecule has 0 aromatic carbocycles. The molecule has 0 unspecified atom stereocenters. The van der Waals surface area contributed by atoms with Crippen molar-refractivity contribution in [1.82, 2.24) is 9.47 Å². The van der Waals surface area contributed by atoms with Gasteiger partial charge in [0.1, 0.15) is 0 Å². The maximum absolute atomic E-state index is 12.0. The van der Waals surface area contributed by atoms with Crippen LogP contribution in [0.1, 0.15) is 28.2 Å². The molecule has 0 radical (unpaired) electrons. The number of hydrogen-bond donors (Lipinski definition) is 1. The Morgan fingerprint density at radius 2 is 2.00 bits per heavy atom. The number of hydrogen-bond acceptors (Lipinski definition) is 4.